The Morgan fingerprint density at radius 3 is 0.921 bits per heavy atom. The van der Waals surface area contributed by atoms with Crippen molar-refractivity contribution in [3.05, 3.63) is 134 Å². The Hall–Kier alpha value is -3.47. The van der Waals surface area contributed by atoms with E-state index in [4.69, 9.17) is 0 Å². The lowest BCUT2D eigenvalue weighted by Gasteiger charge is -2.19. The summed E-state index contributed by atoms with van der Waals surface area (Å²) in [6.45, 7) is 4.19. The molecule has 3 N–H and O–H groups in total. The predicted molar refractivity (Wildman–Crippen MR) is 340 cm³/mol. The minimum atomic E-state index is -0.879. The normalized spacial score (nSPS) is 13.7. The van der Waals surface area contributed by atoms with E-state index in [0.717, 1.165) is 103 Å². The van der Waals surface area contributed by atoms with Gasteiger partial charge in [0.1, 0.15) is 0 Å². The largest absolute Gasteiger partial charge is 0.394 e. The highest BCUT2D eigenvalue weighted by atomic mass is 16.3. The lowest BCUT2D eigenvalue weighted by Crippen LogP contribution is -2.45. The predicted octanol–water partition coefficient (Wildman–Crippen LogP) is 22.1. The van der Waals surface area contributed by atoms with E-state index in [2.05, 4.69) is 141 Å². The summed E-state index contributed by atoms with van der Waals surface area (Å²) in [7, 11) is 0. The molecule has 0 aromatic heterocycles. The summed E-state index contributed by atoms with van der Waals surface area (Å²) in [5.74, 6) is -0.0880. The van der Waals surface area contributed by atoms with Gasteiger partial charge in [-0.05, 0) is 103 Å². The molecule has 0 heterocycles. The number of hydrogen-bond acceptors (Lipinski definition) is 3. The van der Waals surface area contributed by atoms with Crippen LogP contribution in [-0.2, 0) is 4.79 Å². The van der Waals surface area contributed by atoms with E-state index in [1.165, 1.54) is 173 Å². The van der Waals surface area contributed by atoms with Gasteiger partial charge in [-0.1, -0.05) is 321 Å². The summed E-state index contributed by atoms with van der Waals surface area (Å²) in [5, 5.41) is 23.2. The number of amides is 1. The van der Waals surface area contributed by atoms with Gasteiger partial charge in [0.05, 0.1) is 18.8 Å². The van der Waals surface area contributed by atoms with Gasteiger partial charge in [-0.3, -0.25) is 4.79 Å². The van der Waals surface area contributed by atoms with Crippen molar-refractivity contribution in [3.63, 3.8) is 0 Å². The van der Waals surface area contributed by atoms with Crippen molar-refractivity contribution >= 4 is 5.91 Å². The van der Waals surface area contributed by atoms with Crippen LogP contribution in [0, 0.1) is 0 Å². The van der Waals surface area contributed by atoms with Crippen LogP contribution in [0.5, 0.6) is 0 Å². The second-order valence-corrected chi connectivity index (χ2v) is 21.4. The van der Waals surface area contributed by atoms with Crippen LogP contribution in [-0.4, -0.2) is 34.9 Å². The number of carbonyl (C=O) groups excluding carboxylic acids is 1. The maximum Gasteiger partial charge on any atom is 0.220 e. The van der Waals surface area contributed by atoms with Crippen LogP contribution in [0.15, 0.2) is 134 Å². The highest BCUT2D eigenvalue weighted by molar-refractivity contribution is 5.76. The van der Waals surface area contributed by atoms with Crippen molar-refractivity contribution in [1.82, 2.24) is 5.32 Å². The smallest absolute Gasteiger partial charge is 0.220 e. The van der Waals surface area contributed by atoms with Crippen LogP contribution < -0.4 is 5.32 Å². The molecule has 0 aromatic carbocycles. The van der Waals surface area contributed by atoms with Gasteiger partial charge in [-0.2, -0.15) is 0 Å². The van der Waals surface area contributed by atoms with Crippen LogP contribution in [0.25, 0.3) is 0 Å². The molecular formula is C72H123NO3. The van der Waals surface area contributed by atoms with Crippen LogP contribution in [0.1, 0.15) is 296 Å². The molecule has 0 spiro atoms. The Morgan fingerprint density at radius 2 is 0.592 bits per heavy atom. The van der Waals surface area contributed by atoms with Crippen molar-refractivity contribution in [2.24, 2.45) is 0 Å². The van der Waals surface area contributed by atoms with Gasteiger partial charge in [0.25, 0.3) is 0 Å². The average Bonchev–Trinajstić information content (AvgIpc) is 3.42. The summed E-state index contributed by atoms with van der Waals surface area (Å²) >= 11 is 0. The van der Waals surface area contributed by atoms with E-state index in [1.807, 2.05) is 6.08 Å². The van der Waals surface area contributed by atoms with Crippen LogP contribution in [0.4, 0.5) is 0 Å². The number of aliphatic hydroxyl groups excluding tert-OH is 2. The van der Waals surface area contributed by atoms with Gasteiger partial charge >= 0.3 is 0 Å². The fourth-order valence-electron chi connectivity index (χ4n) is 9.25. The first-order chi connectivity index (χ1) is 37.7. The molecule has 2 unspecified atom stereocenters. The first-order valence-corrected chi connectivity index (χ1v) is 32.4. The summed E-state index contributed by atoms with van der Waals surface area (Å²) < 4.78 is 0. The number of hydrogen-bond donors (Lipinski definition) is 3. The third-order valence-corrected chi connectivity index (χ3v) is 14.1. The Labute approximate surface area is 472 Å². The van der Waals surface area contributed by atoms with E-state index in [1.54, 1.807) is 6.08 Å². The maximum atomic E-state index is 12.5. The second kappa shape index (κ2) is 65.8. The molecule has 0 radical (unpaired) electrons. The van der Waals surface area contributed by atoms with E-state index < -0.39 is 12.1 Å². The van der Waals surface area contributed by atoms with Crippen molar-refractivity contribution in [1.29, 1.82) is 0 Å². The Kier molecular flexibility index (Phi) is 62.8. The Bertz CT molecular complexity index is 1520. The van der Waals surface area contributed by atoms with Gasteiger partial charge in [0.15, 0.2) is 0 Å². The van der Waals surface area contributed by atoms with Crippen molar-refractivity contribution in [2.45, 2.75) is 309 Å². The molecule has 434 valence electrons. The summed E-state index contributed by atoms with van der Waals surface area (Å²) in [4.78, 5) is 12.5. The van der Waals surface area contributed by atoms with Crippen LogP contribution in [0.3, 0.4) is 0 Å². The first kappa shape index (κ1) is 72.5. The molecular weight excluding hydrogens is 927 g/mol. The maximum absolute atomic E-state index is 12.5. The molecule has 1 amide bonds. The van der Waals surface area contributed by atoms with E-state index >= 15 is 0 Å². The fraction of sp³-hybridized carbons (Fsp3) is 0.681. The third kappa shape index (κ3) is 61.4. The lowest BCUT2D eigenvalue weighted by molar-refractivity contribution is -0.123. The summed E-state index contributed by atoms with van der Waals surface area (Å²) in [5.41, 5.74) is 0. The number of aliphatic hydroxyl groups is 2. The molecule has 76 heavy (non-hydrogen) atoms. The molecule has 0 aromatic rings. The standard InChI is InChI=1S/C72H123NO3/c1-3-5-7-9-11-13-15-17-19-21-23-25-27-29-31-33-34-35-36-37-38-40-42-44-46-48-50-52-54-56-58-60-62-64-66-68-72(76)73-70(69-74)71(75)67-65-63-61-59-57-55-53-51-49-47-45-43-41-39-32-30-28-26-24-22-20-18-16-14-12-10-8-6-4-2/h5,7,11,13,17,19,23,25,29,31,34-35,37-38,42,44,48,50,57,59,65,67,70-71,74-75H,3-4,6,8-10,12,14-16,18,20-22,24,26-28,30,32-33,36,39-41,43,45-47,49,51-56,58,60-64,66,68-69H2,1-2H3,(H,73,76)/b7-5-,13-11-,19-17-,25-23-,31-29-,35-34-,38-37-,44-42-,50-48-,59-57+,67-65+. The number of rotatable bonds is 58. The van der Waals surface area contributed by atoms with E-state index in [-0.39, 0.29) is 12.5 Å². The minimum absolute atomic E-state index is 0.0880. The van der Waals surface area contributed by atoms with Crippen molar-refractivity contribution in [2.75, 3.05) is 6.61 Å². The van der Waals surface area contributed by atoms with E-state index in [0.29, 0.717) is 6.42 Å². The molecule has 0 rings (SSSR count). The number of allylic oxidation sites excluding steroid dienone is 21. The summed E-state index contributed by atoms with van der Waals surface area (Å²) in [6.07, 6.45) is 102. The molecule has 0 aliphatic rings. The highest BCUT2D eigenvalue weighted by Gasteiger charge is 2.18. The molecule has 0 aliphatic heterocycles. The monoisotopic (exact) mass is 1050 g/mol. The fourth-order valence-corrected chi connectivity index (χ4v) is 9.25. The topological polar surface area (TPSA) is 69.6 Å². The van der Waals surface area contributed by atoms with E-state index in [9.17, 15) is 15.0 Å². The summed E-state index contributed by atoms with van der Waals surface area (Å²) in [6, 6.07) is -0.657. The first-order valence-electron chi connectivity index (χ1n) is 32.4. The quantitative estimate of drug-likeness (QED) is 0.0420. The molecule has 4 nitrogen and oxygen atoms in total. The van der Waals surface area contributed by atoms with Crippen molar-refractivity contribution in [3.8, 4) is 0 Å². The number of unbranched alkanes of at least 4 members (excludes halogenated alkanes) is 31. The molecule has 4 heteroatoms. The van der Waals surface area contributed by atoms with Gasteiger partial charge in [-0.15, -0.1) is 0 Å². The molecule has 0 saturated heterocycles. The Morgan fingerprint density at radius 1 is 0.329 bits per heavy atom. The van der Waals surface area contributed by atoms with Crippen molar-refractivity contribution < 1.29 is 15.0 Å². The highest BCUT2D eigenvalue weighted by Crippen LogP contribution is 2.17. The number of nitrogens with one attached hydrogen (secondary N) is 1. The number of carbonyl (C=O) groups is 1. The second-order valence-electron chi connectivity index (χ2n) is 21.4. The zero-order chi connectivity index (χ0) is 54.8. The molecule has 0 aliphatic carbocycles. The molecule has 0 saturated carbocycles. The zero-order valence-corrected chi connectivity index (χ0v) is 50.0. The molecule has 0 bridgehead atoms. The average molecular weight is 1050 g/mol. The Balaban J connectivity index is 3.62. The minimum Gasteiger partial charge on any atom is -0.394 e. The molecule has 0 fully saturated rings. The third-order valence-electron chi connectivity index (χ3n) is 14.1. The van der Waals surface area contributed by atoms with Crippen LogP contribution >= 0.6 is 0 Å². The van der Waals surface area contributed by atoms with Gasteiger partial charge in [0, 0.05) is 6.42 Å². The lowest BCUT2D eigenvalue weighted by atomic mass is 10.0. The zero-order valence-electron chi connectivity index (χ0n) is 50.0. The van der Waals surface area contributed by atoms with Gasteiger partial charge in [-0.25, -0.2) is 0 Å². The van der Waals surface area contributed by atoms with Crippen LogP contribution in [0.2, 0.25) is 0 Å². The van der Waals surface area contributed by atoms with Gasteiger partial charge < -0.3 is 15.5 Å². The van der Waals surface area contributed by atoms with Gasteiger partial charge in [0.2, 0.25) is 5.91 Å². The molecule has 2 atom stereocenters. The SMILES string of the molecule is CC/C=C\C/C=C\C/C=C\C/C=C\C/C=C\C/C=C\C/C=C\C/C=C\C/C=C\CCCCCCCCCC(=O)NC(CO)C(O)/C=C/CC/C=C/CCCCCCCCCCCCCCCCCCCCCCCCC.